The van der Waals surface area contributed by atoms with Crippen molar-refractivity contribution in [3.63, 3.8) is 0 Å². The zero-order valence-corrected chi connectivity index (χ0v) is 10.6. The third kappa shape index (κ3) is 3.76. The number of carbonyl (C=O) groups is 1. The van der Waals surface area contributed by atoms with E-state index in [2.05, 4.69) is 23.8 Å². The number of likely N-dealkylation sites (N-methyl/N-ethyl adjacent to an activating group) is 2. The van der Waals surface area contributed by atoms with Crippen LogP contribution in [0.25, 0.3) is 0 Å². The van der Waals surface area contributed by atoms with Gasteiger partial charge in [-0.05, 0) is 39.9 Å². The van der Waals surface area contributed by atoms with Gasteiger partial charge in [-0.1, -0.05) is 6.92 Å². The maximum Gasteiger partial charge on any atom is 0.304 e. The van der Waals surface area contributed by atoms with E-state index in [0.717, 1.165) is 13.1 Å². The smallest absolute Gasteiger partial charge is 0.304 e. The number of rotatable bonds is 5. The van der Waals surface area contributed by atoms with E-state index in [1.54, 1.807) is 0 Å². The van der Waals surface area contributed by atoms with Gasteiger partial charge >= 0.3 is 5.97 Å². The summed E-state index contributed by atoms with van der Waals surface area (Å²) in [7, 11) is 2.14. The van der Waals surface area contributed by atoms with Crippen LogP contribution in [-0.4, -0.2) is 59.6 Å². The predicted octanol–water partition coefficient (Wildman–Crippen LogP) is 1.27. The normalized spacial score (nSPS) is 24.6. The van der Waals surface area contributed by atoms with Crippen molar-refractivity contribution in [3.05, 3.63) is 0 Å². The van der Waals surface area contributed by atoms with Crippen molar-refractivity contribution in [2.45, 2.75) is 45.2 Å². The van der Waals surface area contributed by atoms with Crippen LogP contribution in [0.15, 0.2) is 0 Å². The minimum atomic E-state index is -0.699. The van der Waals surface area contributed by atoms with Gasteiger partial charge in [-0.2, -0.15) is 0 Å². The Kier molecular flexibility index (Phi) is 5.22. The highest BCUT2D eigenvalue weighted by atomic mass is 16.4. The molecular weight excluding hydrogens is 204 g/mol. The van der Waals surface area contributed by atoms with Crippen LogP contribution in [0.4, 0.5) is 0 Å². The highest BCUT2D eigenvalue weighted by Crippen LogP contribution is 2.18. The van der Waals surface area contributed by atoms with Crippen molar-refractivity contribution < 1.29 is 9.90 Å². The summed E-state index contributed by atoms with van der Waals surface area (Å²) in [4.78, 5) is 15.4. The van der Waals surface area contributed by atoms with Gasteiger partial charge in [0.1, 0.15) is 0 Å². The molecule has 1 aliphatic heterocycles. The minimum Gasteiger partial charge on any atom is -0.481 e. The molecular formula is C12H24N2O2. The second kappa shape index (κ2) is 6.21. The molecule has 1 rings (SSSR count). The summed E-state index contributed by atoms with van der Waals surface area (Å²) < 4.78 is 0. The van der Waals surface area contributed by atoms with Crippen LogP contribution in [0, 0.1) is 0 Å². The summed E-state index contributed by atoms with van der Waals surface area (Å²) in [5.74, 6) is -0.699. The number of likely N-dealkylation sites (tertiary alicyclic amines) is 1. The molecule has 1 fully saturated rings. The number of hydrogen-bond donors (Lipinski definition) is 1. The van der Waals surface area contributed by atoms with Crippen LogP contribution in [0.1, 0.15) is 33.1 Å². The second-order valence-corrected chi connectivity index (χ2v) is 4.84. The van der Waals surface area contributed by atoms with Crippen molar-refractivity contribution in [1.29, 1.82) is 0 Å². The lowest BCUT2D eigenvalue weighted by atomic mass is 10.0. The second-order valence-electron chi connectivity index (χ2n) is 4.84. The van der Waals surface area contributed by atoms with E-state index >= 15 is 0 Å². The van der Waals surface area contributed by atoms with E-state index in [1.807, 2.05) is 6.92 Å². The lowest BCUT2D eigenvalue weighted by Crippen LogP contribution is -2.50. The quantitative estimate of drug-likeness (QED) is 0.769. The van der Waals surface area contributed by atoms with Crippen molar-refractivity contribution in [2.75, 3.05) is 26.7 Å². The average Bonchev–Trinajstić information content (AvgIpc) is 2.17. The summed E-state index contributed by atoms with van der Waals surface area (Å²) in [6.45, 7) is 7.31. The van der Waals surface area contributed by atoms with E-state index in [4.69, 9.17) is 5.11 Å². The fourth-order valence-corrected chi connectivity index (χ4v) is 2.71. The Bertz CT molecular complexity index is 233. The number of nitrogens with zero attached hydrogens (tertiary/aromatic N) is 2. The Morgan fingerprint density at radius 2 is 2.31 bits per heavy atom. The maximum atomic E-state index is 10.7. The number of piperidine rings is 1. The van der Waals surface area contributed by atoms with E-state index in [1.165, 1.54) is 19.4 Å². The Balaban J connectivity index is 2.54. The molecule has 0 spiro atoms. The standard InChI is InChI=1S/C12H24N2O2/c1-4-14(10(2)8-12(15)16)11-6-5-7-13(3)9-11/h10-11H,4-9H2,1-3H3,(H,15,16). The molecule has 1 aliphatic rings. The van der Waals surface area contributed by atoms with E-state index in [0.29, 0.717) is 6.04 Å². The van der Waals surface area contributed by atoms with Gasteiger partial charge < -0.3 is 10.0 Å². The van der Waals surface area contributed by atoms with Crippen LogP contribution in [-0.2, 0) is 4.79 Å². The van der Waals surface area contributed by atoms with Crippen molar-refractivity contribution >= 4 is 5.97 Å². The van der Waals surface area contributed by atoms with Gasteiger partial charge in [0, 0.05) is 18.6 Å². The first-order valence-corrected chi connectivity index (χ1v) is 6.20. The van der Waals surface area contributed by atoms with Crippen LogP contribution >= 0.6 is 0 Å². The third-order valence-corrected chi connectivity index (χ3v) is 3.47. The highest BCUT2D eigenvalue weighted by molar-refractivity contribution is 5.67. The molecule has 4 heteroatoms. The van der Waals surface area contributed by atoms with E-state index in [-0.39, 0.29) is 12.5 Å². The van der Waals surface area contributed by atoms with Gasteiger partial charge in [-0.3, -0.25) is 9.69 Å². The van der Waals surface area contributed by atoms with Gasteiger partial charge in [0.15, 0.2) is 0 Å². The zero-order valence-electron chi connectivity index (χ0n) is 10.6. The SMILES string of the molecule is CCN(C(C)CC(=O)O)C1CCCN(C)C1. The molecule has 16 heavy (non-hydrogen) atoms. The van der Waals surface area contributed by atoms with Gasteiger partial charge in [-0.25, -0.2) is 0 Å². The predicted molar refractivity (Wildman–Crippen MR) is 64.6 cm³/mol. The first-order chi connectivity index (χ1) is 7.54. The molecule has 0 aromatic carbocycles. The Hall–Kier alpha value is -0.610. The molecule has 94 valence electrons. The highest BCUT2D eigenvalue weighted by Gasteiger charge is 2.26. The molecule has 0 aliphatic carbocycles. The molecule has 2 atom stereocenters. The fraction of sp³-hybridized carbons (Fsp3) is 0.917. The fourth-order valence-electron chi connectivity index (χ4n) is 2.71. The average molecular weight is 228 g/mol. The maximum absolute atomic E-state index is 10.7. The van der Waals surface area contributed by atoms with Crippen molar-refractivity contribution in [1.82, 2.24) is 9.80 Å². The number of carboxylic acids is 1. The summed E-state index contributed by atoms with van der Waals surface area (Å²) in [5.41, 5.74) is 0. The first-order valence-electron chi connectivity index (χ1n) is 6.20. The molecule has 4 nitrogen and oxygen atoms in total. The summed E-state index contributed by atoms with van der Waals surface area (Å²) in [6.07, 6.45) is 2.66. The first kappa shape index (κ1) is 13.5. The summed E-state index contributed by atoms with van der Waals surface area (Å²) in [6, 6.07) is 0.664. The monoisotopic (exact) mass is 228 g/mol. The summed E-state index contributed by atoms with van der Waals surface area (Å²) in [5, 5.41) is 8.84. The molecule has 0 saturated carbocycles. The Labute approximate surface area is 98.2 Å². The molecule has 1 heterocycles. The molecule has 0 amide bonds. The molecule has 0 aromatic heterocycles. The molecule has 1 N–H and O–H groups in total. The van der Waals surface area contributed by atoms with Gasteiger partial charge in [0.2, 0.25) is 0 Å². The Morgan fingerprint density at radius 1 is 1.62 bits per heavy atom. The summed E-state index contributed by atoms with van der Waals surface area (Å²) >= 11 is 0. The lowest BCUT2D eigenvalue weighted by molar-refractivity contribution is -0.138. The third-order valence-electron chi connectivity index (χ3n) is 3.47. The van der Waals surface area contributed by atoms with E-state index < -0.39 is 5.97 Å². The van der Waals surface area contributed by atoms with Crippen LogP contribution in [0.3, 0.4) is 0 Å². The van der Waals surface area contributed by atoms with Crippen LogP contribution in [0.5, 0.6) is 0 Å². The Morgan fingerprint density at radius 3 is 2.81 bits per heavy atom. The number of aliphatic carboxylic acids is 1. The van der Waals surface area contributed by atoms with Crippen molar-refractivity contribution in [2.24, 2.45) is 0 Å². The number of carboxylic acid groups (broad SMARTS) is 1. The molecule has 0 radical (unpaired) electrons. The van der Waals surface area contributed by atoms with Crippen LogP contribution < -0.4 is 0 Å². The number of hydrogen-bond acceptors (Lipinski definition) is 3. The molecule has 0 aromatic rings. The molecule has 0 bridgehead atoms. The molecule has 2 unspecified atom stereocenters. The van der Waals surface area contributed by atoms with E-state index in [9.17, 15) is 4.79 Å². The molecule has 1 saturated heterocycles. The van der Waals surface area contributed by atoms with Gasteiger partial charge in [0.25, 0.3) is 0 Å². The van der Waals surface area contributed by atoms with Gasteiger partial charge in [-0.15, -0.1) is 0 Å². The minimum absolute atomic E-state index is 0.138. The zero-order chi connectivity index (χ0) is 12.1. The topological polar surface area (TPSA) is 43.8 Å². The lowest BCUT2D eigenvalue weighted by Gasteiger charge is -2.40. The van der Waals surface area contributed by atoms with Gasteiger partial charge in [0.05, 0.1) is 6.42 Å². The van der Waals surface area contributed by atoms with Crippen molar-refractivity contribution in [3.8, 4) is 0 Å². The largest absolute Gasteiger partial charge is 0.481 e. The van der Waals surface area contributed by atoms with Crippen LogP contribution in [0.2, 0.25) is 0 Å².